The normalized spacial score (nSPS) is 21.1. The van der Waals surface area contributed by atoms with Gasteiger partial charge >= 0.3 is 0 Å². The number of nitrogens with zero attached hydrogens (tertiary/aromatic N) is 1. The molecular formula is C22H26N2O4. The zero-order chi connectivity index (χ0) is 18.8. The Labute approximate surface area is 165 Å². The quantitative estimate of drug-likeness (QED) is 0.858. The van der Waals surface area contributed by atoms with Gasteiger partial charge in [0, 0.05) is 26.2 Å². The van der Waals surface area contributed by atoms with Crippen LogP contribution in [0.3, 0.4) is 0 Å². The van der Waals surface area contributed by atoms with Crippen LogP contribution >= 0.6 is 0 Å². The Morgan fingerprint density at radius 3 is 3.11 bits per heavy atom. The molecule has 1 unspecified atom stereocenters. The first-order valence-electron chi connectivity index (χ1n) is 10.1. The van der Waals surface area contributed by atoms with Crippen LogP contribution in [0.1, 0.15) is 17.5 Å². The van der Waals surface area contributed by atoms with Gasteiger partial charge in [-0.25, -0.2) is 0 Å². The average molecular weight is 382 g/mol. The third-order valence-corrected chi connectivity index (χ3v) is 5.53. The van der Waals surface area contributed by atoms with Crippen molar-refractivity contribution in [1.29, 1.82) is 0 Å². The van der Waals surface area contributed by atoms with E-state index < -0.39 is 0 Å². The number of rotatable bonds is 5. The van der Waals surface area contributed by atoms with E-state index in [4.69, 9.17) is 18.9 Å². The summed E-state index contributed by atoms with van der Waals surface area (Å²) in [5.41, 5.74) is 3.73. The summed E-state index contributed by atoms with van der Waals surface area (Å²) in [6.07, 6.45) is 2.36. The number of ether oxygens (including phenoxy) is 4. The summed E-state index contributed by atoms with van der Waals surface area (Å²) < 4.78 is 23.0. The Hall–Kier alpha value is -2.44. The molecular weight excluding hydrogens is 356 g/mol. The number of para-hydroxylation sites is 1. The molecule has 148 valence electrons. The molecule has 0 bridgehead atoms. The van der Waals surface area contributed by atoms with Crippen LogP contribution in [-0.2, 0) is 17.7 Å². The van der Waals surface area contributed by atoms with Crippen LogP contribution in [0.15, 0.2) is 36.4 Å². The van der Waals surface area contributed by atoms with Crippen molar-refractivity contribution in [1.82, 2.24) is 4.90 Å². The molecule has 2 aromatic rings. The number of nitrogens with one attached hydrogen (secondary N) is 1. The van der Waals surface area contributed by atoms with E-state index >= 15 is 0 Å². The van der Waals surface area contributed by atoms with E-state index in [2.05, 4.69) is 34.5 Å². The van der Waals surface area contributed by atoms with Gasteiger partial charge < -0.3 is 24.3 Å². The van der Waals surface area contributed by atoms with E-state index in [9.17, 15) is 0 Å². The van der Waals surface area contributed by atoms with Crippen molar-refractivity contribution in [2.45, 2.75) is 25.5 Å². The number of aryl methyl sites for hydroxylation is 1. The maximum atomic E-state index is 6.15. The van der Waals surface area contributed by atoms with Crippen molar-refractivity contribution < 1.29 is 18.9 Å². The van der Waals surface area contributed by atoms with E-state index in [0.717, 1.165) is 62.1 Å². The molecule has 0 aliphatic carbocycles. The Kier molecular flexibility index (Phi) is 4.97. The second-order valence-corrected chi connectivity index (χ2v) is 7.55. The number of fused-ring (bicyclic) bond motifs is 2. The van der Waals surface area contributed by atoms with Crippen molar-refractivity contribution in [3.63, 3.8) is 0 Å². The van der Waals surface area contributed by atoms with Crippen LogP contribution in [-0.4, -0.2) is 50.6 Å². The summed E-state index contributed by atoms with van der Waals surface area (Å²) in [7, 11) is 0. The van der Waals surface area contributed by atoms with Crippen LogP contribution in [0.4, 0.5) is 5.69 Å². The first kappa shape index (κ1) is 17.6. The van der Waals surface area contributed by atoms with Crippen LogP contribution in [0.25, 0.3) is 0 Å². The van der Waals surface area contributed by atoms with E-state index in [0.29, 0.717) is 13.4 Å². The minimum atomic E-state index is 0.0715. The molecule has 1 N–H and O–H groups in total. The van der Waals surface area contributed by atoms with Crippen molar-refractivity contribution >= 4 is 5.69 Å². The standard InChI is InChI=1S/C22H26N2O4/c1-3-17-4-2-8-23-22(17)20(5-1)26-14-18-13-24(9-10-25-18)12-16-6-7-19-21(11-16)28-15-27-19/h1,3,5-7,11,18,23H,2,4,8-10,12-15H2. The fourth-order valence-electron chi connectivity index (χ4n) is 4.10. The fourth-order valence-corrected chi connectivity index (χ4v) is 4.10. The van der Waals surface area contributed by atoms with Crippen LogP contribution in [0, 0.1) is 0 Å². The van der Waals surface area contributed by atoms with Gasteiger partial charge in [0.25, 0.3) is 0 Å². The number of hydrogen-bond donors (Lipinski definition) is 1. The van der Waals surface area contributed by atoms with Crippen molar-refractivity contribution in [2.24, 2.45) is 0 Å². The zero-order valence-corrected chi connectivity index (χ0v) is 16.0. The van der Waals surface area contributed by atoms with Gasteiger partial charge in [-0.1, -0.05) is 18.2 Å². The van der Waals surface area contributed by atoms with E-state index in [-0.39, 0.29) is 6.10 Å². The van der Waals surface area contributed by atoms with Gasteiger partial charge in [0.15, 0.2) is 11.5 Å². The van der Waals surface area contributed by atoms with Gasteiger partial charge in [-0.3, -0.25) is 4.90 Å². The van der Waals surface area contributed by atoms with E-state index in [1.165, 1.54) is 17.5 Å². The van der Waals surface area contributed by atoms with E-state index in [1.807, 2.05) is 12.1 Å². The van der Waals surface area contributed by atoms with Crippen molar-refractivity contribution in [3.8, 4) is 17.2 Å². The summed E-state index contributed by atoms with van der Waals surface area (Å²) >= 11 is 0. The molecule has 3 heterocycles. The molecule has 0 saturated carbocycles. The Morgan fingerprint density at radius 1 is 1.14 bits per heavy atom. The van der Waals surface area contributed by atoms with Gasteiger partial charge in [-0.05, 0) is 42.2 Å². The average Bonchev–Trinajstić information content (AvgIpc) is 3.20. The van der Waals surface area contributed by atoms with Crippen LogP contribution in [0.2, 0.25) is 0 Å². The van der Waals surface area contributed by atoms with Gasteiger partial charge in [-0.2, -0.15) is 0 Å². The second-order valence-electron chi connectivity index (χ2n) is 7.55. The first-order valence-corrected chi connectivity index (χ1v) is 10.1. The highest BCUT2D eigenvalue weighted by Gasteiger charge is 2.23. The molecule has 28 heavy (non-hydrogen) atoms. The molecule has 1 fully saturated rings. The summed E-state index contributed by atoms with van der Waals surface area (Å²) in [6, 6.07) is 12.5. The predicted molar refractivity (Wildman–Crippen MR) is 106 cm³/mol. The lowest BCUT2D eigenvalue weighted by atomic mass is 10.0. The zero-order valence-electron chi connectivity index (χ0n) is 16.0. The highest BCUT2D eigenvalue weighted by Crippen LogP contribution is 2.33. The van der Waals surface area contributed by atoms with Gasteiger partial charge in [0.1, 0.15) is 18.5 Å². The topological polar surface area (TPSA) is 52.2 Å². The SMILES string of the molecule is c1cc2c(c(OCC3CN(Cc4ccc5c(c4)OCO5)CCO3)c1)NCCC2. The molecule has 3 aliphatic heterocycles. The highest BCUT2D eigenvalue weighted by molar-refractivity contribution is 5.63. The van der Waals surface area contributed by atoms with Gasteiger partial charge in [0.05, 0.1) is 12.3 Å². The minimum Gasteiger partial charge on any atom is -0.489 e. The molecule has 0 aromatic heterocycles. The number of morpholine rings is 1. The molecule has 2 aromatic carbocycles. The lowest BCUT2D eigenvalue weighted by Gasteiger charge is -2.33. The summed E-state index contributed by atoms with van der Waals surface area (Å²) in [4.78, 5) is 2.41. The number of benzene rings is 2. The van der Waals surface area contributed by atoms with Gasteiger partial charge in [-0.15, -0.1) is 0 Å². The van der Waals surface area contributed by atoms with Crippen LogP contribution < -0.4 is 19.5 Å². The smallest absolute Gasteiger partial charge is 0.231 e. The van der Waals surface area contributed by atoms with E-state index in [1.54, 1.807) is 0 Å². The predicted octanol–water partition coefficient (Wildman–Crippen LogP) is 3.05. The largest absolute Gasteiger partial charge is 0.489 e. The molecule has 5 rings (SSSR count). The number of anilines is 1. The summed E-state index contributed by atoms with van der Waals surface area (Å²) in [5.74, 6) is 2.61. The molecule has 0 spiro atoms. The van der Waals surface area contributed by atoms with Crippen molar-refractivity contribution in [2.75, 3.05) is 45.0 Å². The Bertz CT molecular complexity index is 841. The third kappa shape index (κ3) is 3.75. The molecule has 1 saturated heterocycles. The fraction of sp³-hybridized carbons (Fsp3) is 0.455. The first-order chi connectivity index (χ1) is 13.8. The minimum absolute atomic E-state index is 0.0715. The Morgan fingerprint density at radius 2 is 2.11 bits per heavy atom. The maximum Gasteiger partial charge on any atom is 0.231 e. The molecule has 6 heteroatoms. The molecule has 1 atom stereocenters. The van der Waals surface area contributed by atoms with Gasteiger partial charge in [0.2, 0.25) is 6.79 Å². The molecule has 0 amide bonds. The molecule has 0 radical (unpaired) electrons. The lowest BCUT2D eigenvalue weighted by molar-refractivity contribution is -0.0503. The highest BCUT2D eigenvalue weighted by atomic mass is 16.7. The monoisotopic (exact) mass is 382 g/mol. The van der Waals surface area contributed by atoms with Crippen LogP contribution in [0.5, 0.6) is 17.2 Å². The maximum absolute atomic E-state index is 6.15. The summed E-state index contributed by atoms with van der Waals surface area (Å²) in [6.45, 7) is 5.27. The summed E-state index contributed by atoms with van der Waals surface area (Å²) in [5, 5.41) is 3.48. The Balaban J connectivity index is 1.18. The number of hydrogen-bond acceptors (Lipinski definition) is 6. The lowest BCUT2D eigenvalue weighted by Crippen LogP contribution is -2.44. The molecule has 3 aliphatic rings. The molecule has 6 nitrogen and oxygen atoms in total. The van der Waals surface area contributed by atoms with Crippen molar-refractivity contribution in [3.05, 3.63) is 47.5 Å². The third-order valence-electron chi connectivity index (χ3n) is 5.53. The second kappa shape index (κ2) is 7.89.